The van der Waals surface area contributed by atoms with Crippen LogP contribution in [0.5, 0.6) is 0 Å². The van der Waals surface area contributed by atoms with Crippen molar-refractivity contribution < 1.29 is 20.1 Å². The van der Waals surface area contributed by atoms with E-state index in [1.165, 1.54) is 17.2 Å². The van der Waals surface area contributed by atoms with Crippen molar-refractivity contribution >= 4 is 22.8 Å². The molecule has 0 amide bonds. The molecule has 5 N–H and O–H groups in total. The molecular weight excluding hydrogens is 440 g/mol. The summed E-state index contributed by atoms with van der Waals surface area (Å²) >= 11 is 0. The van der Waals surface area contributed by atoms with Crippen LogP contribution in [0.15, 0.2) is 55.1 Å². The zero-order valence-electron chi connectivity index (χ0n) is 18.1. The second kappa shape index (κ2) is 9.65. The van der Waals surface area contributed by atoms with Gasteiger partial charge in [0.25, 0.3) is 0 Å². The lowest BCUT2D eigenvalue weighted by molar-refractivity contribution is -0.0511. The molecule has 12 nitrogen and oxygen atoms in total. The van der Waals surface area contributed by atoms with Gasteiger partial charge in [-0.3, -0.25) is 4.57 Å². The summed E-state index contributed by atoms with van der Waals surface area (Å²) < 4.78 is 7.10. The molecular formula is C22H24N8O4. The van der Waals surface area contributed by atoms with Gasteiger partial charge in [0.2, 0.25) is 0 Å². The highest BCUT2D eigenvalue weighted by Crippen LogP contribution is 2.32. The van der Waals surface area contributed by atoms with Crippen LogP contribution in [0.2, 0.25) is 0 Å². The summed E-state index contributed by atoms with van der Waals surface area (Å²) in [5.41, 5.74) is 2.74. The number of ether oxygens (including phenoxy) is 1. The first-order valence-corrected chi connectivity index (χ1v) is 10.8. The molecule has 1 aliphatic rings. The number of nitrogens with one attached hydrogen (secondary N) is 2. The van der Waals surface area contributed by atoms with Crippen molar-refractivity contribution in [2.45, 2.75) is 24.5 Å². The number of anilines is 2. The average molecular weight is 464 g/mol. The smallest absolute Gasteiger partial charge is 0.167 e. The third-order valence-corrected chi connectivity index (χ3v) is 5.61. The van der Waals surface area contributed by atoms with Crippen LogP contribution >= 0.6 is 0 Å². The molecule has 3 aromatic heterocycles. The molecule has 5 rings (SSSR count). The molecule has 0 saturated carbocycles. The predicted molar refractivity (Wildman–Crippen MR) is 123 cm³/mol. The number of hydrogen-bond donors (Lipinski definition) is 5. The number of nitrogens with zero attached hydrogens (tertiary/aromatic N) is 6. The van der Waals surface area contributed by atoms with Crippen LogP contribution in [0.3, 0.4) is 0 Å². The minimum Gasteiger partial charge on any atom is -0.394 e. The highest BCUT2D eigenvalue weighted by molar-refractivity contribution is 5.82. The maximum absolute atomic E-state index is 10.3. The van der Waals surface area contributed by atoms with Crippen LogP contribution in [0.1, 0.15) is 6.23 Å². The Hall–Kier alpha value is -3.71. The van der Waals surface area contributed by atoms with Crippen molar-refractivity contribution in [1.82, 2.24) is 29.7 Å². The standard InChI is InChI=1S/C22H24N8O4/c31-10-15-18(32)19(33)22(34-15)30-12-27-17-20(25-11-26-21(17)30)24-9-8-23-16-7-6-14(28-29-16)13-4-2-1-3-5-13/h1-7,11-12,15,18-19,22,31-33H,8-10H2,(H,23,29)(H,24,25,26). The monoisotopic (exact) mass is 464 g/mol. The molecule has 12 heteroatoms. The summed E-state index contributed by atoms with van der Waals surface area (Å²) in [4.78, 5) is 12.8. The topological polar surface area (TPSA) is 163 Å². The summed E-state index contributed by atoms with van der Waals surface area (Å²) in [5.74, 6) is 1.17. The third-order valence-electron chi connectivity index (χ3n) is 5.61. The maximum Gasteiger partial charge on any atom is 0.167 e. The number of imidazole rings is 1. The second-order valence-corrected chi connectivity index (χ2v) is 7.80. The Balaban J connectivity index is 1.21. The molecule has 0 bridgehead atoms. The molecule has 1 fully saturated rings. The van der Waals surface area contributed by atoms with Crippen molar-refractivity contribution in [3.8, 4) is 11.3 Å². The van der Waals surface area contributed by atoms with Crippen LogP contribution < -0.4 is 10.6 Å². The molecule has 4 unspecified atom stereocenters. The van der Waals surface area contributed by atoms with Gasteiger partial charge in [-0.25, -0.2) is 15.0 Å². The number of rotatable bonds is 8. The van der Waals surface area contributed by atoms with Crippen LogP contribution in [0, 0.1) is 0 Å². The molecule has 4 atom stereocenters. The number of aliphatic hydroxyl groups excluding tert-OH is 3. The van der Waals surface area contributed by atoms with Gasteiger partial charge in [0, 0.05) is 18.7 Å². The molecule has 176 valence electrons. The van der Waals surface area contributed by atoms with E-state index in [4.69, 9.17) is 4.74 Å². The summed E-state index contributed by atoms with van der Waals surface area (Å²) in [6.45, 7) is 0.671. The van der Waals surface area contributed by atoms with Crippen LogP contribution in [-0.4, -0.2) is 83.0 Å². The van der Waals surface area contributed by atoms with Gasteiger partial charge < -0.3 is 30.7 Å². The molecule has 0 aliphatic carbocycles. The fourth-order valence-corrected chi connectivity index (χ4v) is 3.84. The zero-order valence-corrected chi connectivity index (χ0v) is 18.1. The maximum atomic E-state index is 10.3. The van der Waals surface area contributed by atoms with E-state index in [2.05, 4.69) is 35.8 Å². The summed E-state index contributed by atoms with van der Waals surface area (Å²) in [6.07, 6.45) is -1.38. The highest BCUT2D eigenvalue weighted by atomic mass is 16.6. The van der Waals surface area contributed by atoms with Crippen LogP contribution in [0.25, 0.3) is 22.4 Å². The van der Waals surface area contributed by atoms with Crippen molar-refractivity contribution in [1.29, 1.82) is 0 Å². The number of aliphatic hydroxyl groups is 3. The highest BCUT2D eigenvalue weighted by Gasteiger charge is 2.44. The Morgan fingerprint density at radius 2 is 1.74 bits per heavy atom. The van der Waals surface area contributed by atoms with Crippen molar-refractivity contribution in [3.63, 3.8) is 0 Å². The molecule has 0 spiro atoms. The van der Waals surface area contributed by atoms with E-state index in [-0.39, 0.29) is 0 Å². The molecule has 4 heterocycles. The van der Waals surface area contributed by atoms with E-state index >= 15 is 0 Å². The lowest BCUT2D eigenvalue weighted by Gasteiger charge is -2.16. The van der Waals surface area contributed by atoms with E-state index in [0.29, 0.717) is 35.9 Å². The SMILES string of the molecule is OCC1OC(n2cnc3c(NCCNc4ccc(-c5ccccc5)nn4)ncnc32)C(O)C1O. The molecule has 1 saturated heterocycles. The third kappa shape index (κ3) is 4.26. The summed E-state index contributed by atoms with van der Waals surface area (Å²) in [7, 11) is 0. The van der Waals surface area contributed by atoms with E-state index in [1.54, 1.807) is 0 Å². The first kappa shape index (κ1) is 22.1. The van der Waals surface area contributed by atoms with Gasteiger partial charge in [-0.15, -0.1) is 10.2 Å². The first-order chi connectivity index (χ1) is 16.7. The Morgan fingerprint density at radius 1 is 0.912 bits per heavy atom. The minimum atomic E-state index is -1.22. The van der Waals surface area contributed by atoms with Crippen molar-refractivity contribution in [3.05, 3.63) is 55.1 Å². The number of aromatic nitrogens is 6. The Bertz CT molecular complexity index is 1240. The quantitative estimate of drug-likeness (QED) is 0.230. The van der Waals surface area contributed by atoms with Crippen molar-refractivity contribution in [2.75, 3.05) is 30.3 Å². The molecule has 4 aromatic rings. The lowest BCUT2D eigenvalue weighted by atomic mass is 10.1. The molecule has 1 aliphatic heterocycles. The average Bonchev–Trinajstić information content (AvgIpc) is 3.44. The molecule has 34 heavy (non-hydrogen) atoms. The zero-order chi connectivity index (χ0) is 23.5. The van der Waals surface area contributed by atoms with Crippen molar-refractivity contribution in [2.24, 2.45) is 0 Å². The van der Waals surface area contributed by atoms with Gasteiger partial charge in [-0.05, 0) is 12.1 Å². The Kier molecular flexibility index (Phi) is 6.27. The van der Waals surface area contributed by atoms with Gasteiger partial charge in [0.05, 0.1) is 18.6 Å². The number of benzene rings is 1. The second-order valence-electron chi connectivity index (χ2n) is 7.80. The van der Waals surface area contributed by atoms with E-state index in [9.17, 15) is 15.3 Å². The van der Waals surface area contributed by atoms with Crippen LogP contribution in [0.4, 0.5) is 11.6 Å². The predicted octanol–water partition coefficient (Wildman–Crippen LogP) is 0.419. The van der Waals surface area contributed by atoms with Gasteiger partial charge in [-0.1, -0.05) is 30.3 Å². The summed E-state index contributed by atoms with van der Waals surface area (Å²) in [6, 6.07) is 13.6. The lowest BCUT2D eigenvalue weighted by Crippen LogP contribution is -2.33. The number of fused-ring (bicyclic) bond motifs is 1. The van der Waals surface area contributed by atoms with E-state index < -0.39 is 31.1 Å². The number of hydrogen-bond acceptors (Lipinski definition) is 11. The first-order valence-electron chi connectivity index (χ1n) is 10.8. The largest absolute Gasteiger partial charge is 0.394 e. The van der Waals surface area contributed by atoms with E-state index in [1.807, 2.05) is 42.5 Å². The fraction of sp³-hybridized carbons (Fsp3) is 0.318. The van der Waals surface area contributed by atoms with E-state index in [0.717, 1.165) is 11.3 Å². The van der Waals surface area contributed by atoms with Gasteiger partial charge in [-0.2, -0.15) is 0 Å². The molecule has 1 aromatic carbocycles. The Labute approximate surface area is 194 Å². The minimum absolute atomic E-state index is 0.407. The van der Waals surface area contributed by atoms with Crippen LogP contribution in [-0.2, 0) is 4.74 Å². The normalized spacial score (nSPS) is 22.2. The van der Waals surface area contributed by atoms with Gasteiger partial charge >= 0.3 is 0 Å². The molecule has 0 radical (unpaired) electrons. The van der Waals surface area contributed by atoms with Gasteiger partial charge in [0.15, 0.2) is 23.2 Å². The fourth-order valence-electron chi connectivity index (χ4n) is 3.84. The Morgan fingerprint density at radius 3 is 2.47 bits per heavy atom. The van der Waals surface area contributed by atoms with Gasteiger partial charge in [0.1, 0.15) is 30.5 Å². The summed E-state index contributed by atoms with van der Waals surface area (Å²) in [5, 5.41) is 44.6.